The second-order valence-electron chi connectivity index (χ2n) is 7.82. The highest BCUT2D eigenvalue weighted by molar-refractivity contribution is 6.04. The van der Waals surface area contributed by atoms with Crippen LogP contribution in [-0.2, 0) is 13.0 Å². The first-order valence-electron chi connectivity index (χ1n) is 9.79. The molecule has 31 heavy (non-hydrogen) atoms. The first kappa shape index (κ1) is 22.3. The summed E-state index contributed by atoms with van der Waals surface area (Å²) in [6.07, 6.45) is 0.664. The van der Waals surface area contributed by atoms with Crippen LogP contribution in [0.25, 0.3) is 11.3 Å². The third-order valence-electron chi connectivity index (χ3n) is 4.54. The number of carbonyl (C=O) groups is 1. The summed E-state index contributed by atoms with van der Waals surface area (Å²) in [5, 5.41) is 7.99. The molecule has 0 saturated heterocycles. The van der Waals surface area contributed by atoms with E-state index >= 15 is 0 Å². The number of amides is 1. The Morgan fingerprint density at radius 3 is 2.58 bits per heavy atom. The van der Waals surface area contributed by atoms with Crippen LogP contribution in [-0.4, -0.2) is 54.4 Å². The van der Waals surface area contributed by atoms with Crippen LogP contribution in [0.4, 0.5) is 10.2 Å². The van der Waals surface area contributed by atoms with Gasteiger partial charge in [0.2, 0.25) is 5.89 Å². The molecular weight excluding hydrogens is 405 g/mol. The van der Waals surface area contributed by atoms with Crippen LogP contribution in [0, 0.1) is 11.7 Å². The molecule has 0 N–H and O–H groups in total. The molecule has 0 unspecified atom stereocenters. The predicted molar refractivity (Wildman–Crippen MR) is 111 cm³/mol. The number of benzene rings is 1. The maximum Gasteiger partial charge on any atom is 0.261 e. The van der Waals surface area contributed by atoms with Crippen LogP contribution in [0.1, 0.15) is 35.9 Å². The number of nitrogens with zero attached hydrogens (tertiary/aromatic N) is 5. The van der Waals surface area contributed by atoms with Crippen molar-refractivity contribution < 1.29 is 23.0 Å². The quantitative estimate of drug-likeness (QED) is 0.535. The number of hydrogen-bond donors (Lipinski definition) is 0. The summed E-state index contributed by atoms with van der Waals surface area (Å²) in [6, 6.07) is 4.22. The normalized spacial score (nSPS) is 11.1. The fraction of sp³-hybridized carbons (Fsp3) is 0.429. The standard InChI is InChI=1S/C21H26FN5O4/c1-12(2)9-17-23-16(24-30-17)11-27(5)21(28)18-19(31-25-20(18)26(3)4)13-7-8-14(22)15(10-13)29-6/h7-8,10,12H,9,11H2,1-6H3. The number of hydrogen-bond acceptors (Lipinski definition) is 8. The van der Waals surface area contributed by atoms with E-state index in [1.807, 2.05) is 0 Å². The topological polar surface area (TPSA) is 97.7 Å². The van der Waals surface area contributed by atoms with Gasteiger partial charge in [0.25, 0.3) is 5.91 Å². The Kier molecular flexibility index (Phi) is 6.57. The lowest BCUT2D eigenvalue weighted by Crippen LogP contribution is -2.28. The molecule has 3 rings (SSSR count). The van der Waals surface area contributed by atoms with Crippen molar-refractivity contribution in [1.29, 1.82) is 0 Å². The molecule has 0 saturated carbocycles. The van der Waals surface area contributed by atoms with Crippen molar-refractivity contribution in [3.05, 3.63) is 41.3 Å². The molecule has 9 nitrogen and oxygen atoms in total. The number of ether oxygens (including phenoxy) is 1. The van der Waals surface area contributed by atoms with Gasteiger partial charge in [0, 0.05) is 33.1 Å². The average molecular weight is 431 g/mol. The molecule has 2 aromatic heterocycles. The number of anilines is 1. The van der Waals surface area contributed by atoms with Crippen LogP contribution in [0.5, 0.6) is 5.75 Å². The van der Waals surface area contributed by atoms with Gasteiger partial charge in [-0.25, -0.2) is 4.39 Å². The first-order valence-corrected chi connectivity index (χ1v) is 9.79. The van der Waals surface area contributed by atoms with Crippen molar-refractivity contribution in [1.82, 2.24) is 20.2 Å². The Morgan fingerprint density at radius 2 is 1.94 bits per heavy atom. The molecule has 2 heterocycles. The van der Waals surface area contributed by atoms with Crippen LogP contribution in [0.15, 0.2) is 27.2 Å². The predicted octanol–water partition coefficient (Wildman–Crippen LogP) is 3.41. The number of carbonyl (C=O) groups excluding carboxylic acids is 1. The zero-order valence-corrected chi connectivity index (χ0v) is 18.5. The van der Waals surface area contributed by atoms with Crippen molar-refractivity contribution >= 4 is 11.7 Å². The molecule has 1 aromatic carbocycles. The summed E-state index contributed by atoms with van der Waals surface area (Å²) >= 11 is 0. The van der Waals surface area contributed by atoms with E-state index in [1.54, 1.807) is 26.0 Å². The third-order valence-corrected chi connectivity index (χ3v) is 4.54. The Morgan fingerprint density at radius 1 is 1.19 bits per heavy atom. The van der Waals surface area contributed by atoms with Crippen molar-refractivity contribution in [3.63, 3.8) is 0 Å². The van der Waals surface area contributed by atoms with Gasteiger partial charge in [-0.05, 0) is 24.1 Å². The average Bonchev–Trinajstić information content (AvgIpc) is 3.34. The van der Waals surface area contributed by atoms with E-state index in [-0.39, 0.29) is 29.5 Å². The maximum absolute atomic E-state index is 13.9. The Bertz CT molecular complexity index is 1060. The van der Waals surface area contributed by atoms with Crippen LogP contribution in [0.3, 0.4) is 0 Å². The van der Waals surface area contributed by atoms with Gasteiger partial charge >= 0.3 is 0 Å². The minimum absolute atomic E-state index is 0.0385. The molecule has 0 aliphatic rings. The van der Waals surface area contributed by atoms with Crippen molar-refractivity contribution in [2.75, 3.05) is 33.2 Å². The summed E-state index contributed by atoms with van der Waals surface area (Å²) in [7, 11) is 6.50. The zero-order chi connectivity index (χ0) is 22.7. The van der Waals surface area contributed by atoms with Gasteiger partial charge in [-0.15, -0.1) is 0 Å². The van der Waals surface area contributed by atoms with Crippen molar-refractivity contribution in [2.24, 2.45) is 5.92 Å². The fourth-order valence-corrected chi connectivity index (χ4v) is 3.04. The molecule has 0 aliphatic carbocycles. The van der Waals surface area contributed by atoms with Gasteiger partial charge in [0.05, 0.1) is 13.7 Å². The Hall–Kier alpha value is -3.43. The summed E-state index contributed by atoms with van der Waals surface area (Å²) in [6.45, 7) is 4.25. The molecule has 0 atom stereocenters. The summed E-state index contributed by atoms with van der Waals surface area (Å²) in [5.74, 6) is 1.05. The summed E-state index contributed by atoms with van der Waals surface area (Å²) in [5.41, 5.74) is 0.710. The summed E-state index contributed by atoms with van der Waals surface area (Å²) in [4.78, 5) is 20.8. The Labute approximate surface area is 179 Å². The van der Waals surface area contributed by atoms with Gasteiger partial charge in [-0.3, -0.25) is 4.79 Å². The number of rotatable bonds is 8. The lowest BCUT2D eigenvalue weighted by Gasteiger charge is -2.17. The zero-order valence-electron chi connectivity index (χ0n) is 18.5. The van der Waals surface area contributed by atoms with Gasteiger partial charge in [-0.2, -0.15) is 4.98 Å². The molecule has 0 radical (unpaired) electrons. The van der Waals surface area contributed by atoms with Gasteiger partial charge < -0.3 is 23.6 Å². The maximum atomic E-state index is 13.9. The van der Waals surface area contributed by atoms with Crippen LogP contribution < -0.4 is 9.64 Å². The van der Waals surface area contributed by atoms with Gasteiger partial charge in [-0.1, -0.05) is 24.2 Å². The molecule has 0 spiro atoms. The number of methoxy groups -OCH3 is 1. The fourth-order valence-electron chi connectivity index (χ4n) is 3.04. The molecule has 0 aliphatic heterocycles. The highest BCUT2D eigenvalue weighted by Crippen LogP contribution is 2.34. The lowest BCUT2D eigenvalue weighted by molar-refractivity contribution is 0.0781. The van der Waals surface area contributed by atoms with E-state index in [4.69, 9.17) is 13.8 Å². The largest absolute Gasteiger partial charge is 0.494 e. The van der Waals surface area contributed by atoms with Crippen LogP contribution in [0.2, 0.25) is 0 Å². The van der Waals surface area contributed by atoms with Gasteiger partial charge in [0.1, 0.15) is 5.56 Å². The second-order valence-corrected chi connectivity index (χ2v) is 7.82. The highest BCUT2D eigenvalue weighted by Gasteiger charge is 2.29. The SMILES string of the molecule is COc1cc(-c2onc(N(C)C)c2C(=O)N(C)Cc2noc(CC(C)C)n2)ccc1F. The van der Waals surface area contributed by atoms with Crippen molar-refractivity contribution in [3.8, 4) is 17.1 Å². The smallest absolute Gasteiger partial charge is 0.261 e. The molecule has 10 heteroatoms. The van der Waals surface area contributed by atoms with E-state index < -0.39 is 5.82 Å². The van der Waals surface area contributed by atoms with E-state index in [2.05, 4.69) is 29.1 Å². The Balaban J connectivity index is 1.92. The molecule has 1 amide bonds. The van der Waals surface area contributed by atoms with Crippen molar-refractivity contribution in [2.45, 2.75) is 26.8 Å². The number of halogens is 1. The number of aromatic nitrogens is 3. The molecule has 0 bridgehead atoms. The monoisotopic (exact) mass is 431 g/mol. The summed E-state index contributed by atoms with van der Waals surface area (Å²) < 4.78 is 29.6. The van der Waals surface area contributed by atoms with Crippen LogP contribution >= 0.6 is 0 Å². The molecule has 3 aromatic rings. The lowest BCUT2D eigenvalue weighted by atomic mass is 10.1. The van der Waals surface area contributed by atoms with E-state index in [1.165, 1.54) is 30.2 Å². The first-order chi connectivity index (χ1) is 14.7. The second kappa shape index (κ2) is 9.15. The van der Waals surface area contributed by atoms with E-state index in [0.717, 1.165) is 0 Å². The third kappa shape index (κ3) is 4.84. The van der Waals surface area contributed by atoms with Gasteiger partial charge in [0.15, 0.2) is 29.0 Å². The molecule has 166 valence electrons. The highest BCUT2D eigenvalue weighted by atomic mass is 19.1. The minimum Gasteiger partial charge on any atom is -0.494 e. The van der Waals surface area contributed by atoms with E-state index in [9.17, 15) is 9.18 Å². The molecule has 0 fully saturated rings. The minimum atomic E-state index is -0.516. The van der Waals surface area contributed by atoms with E-state index in [0.29, 0.717) is 35.4 Å². The molecular formula is C21H26FN5O4.